The molecule has 0 atom stereocenters. The monoisotopic (exact) mass is 284 g/mol. The van der Waals surface area contributed by atoms with Crippen molar-refractivity contribution < 1.29 is 8.85 Å². The maximum Gasteiger partial charge on any atom is 0.331 e. The van der Waals surface area contributed by atoms with Gasteiger partial charge in [0.05, 0.1) is 13.2 Å². The van der Waals surface area contributed by atoms with Crippen LogP contribution in [0.15, 0.2) is 0 Å². The second-order valence-corrected chi connectivity index (χ2v) is 8.74. The van der Waals surface area contributed by atoms with E-state index >= 15 is 0 Å². The Morgan fingerprint density at radius 3 is 1.46 bits per heavy atom. The molecule has 0 amide bonds. The third-order valence-electron chi connectivity index (χ3n) is 1.11. The van der Waals surface area contributed by atoms with Crippen LogP contribution in [0.3, 0.4) is 0 Å². The molecule has 7 heteroatoms. The van der Waals surface area contributed by atoms with Crippen molar-refractivity contribution in [3.8, 4) is 0 Å². The lowest BCUT2D eigenvalue weighted by Crippen LogP contribution is -2.37. The SMILES string of the molecule is C[Si](C)(OCC(Cl)Cl)OCC(Cl)Cl. The number of hydrogen-bond acceptors (Lipinski definition) is 2. The van der Waals surface area contributed by atoms with Gasteiger partial charge in [-0.25, -0.2) is 0 Å². The molecule has 0 aliphatic rings. The van der Waals surface area contributed by atoms with Gasteiger partial charge in [-0.05, 0) is 13.1 Å². The van der Waals surface area contributed by atoms with Crippen molar-refractivity contribution in [1.29, 1.82) is 0 Å². The molecule has 0 aliphatic carbocycles. The van der Waals surface area contributed by atoms with Gasteiger partial charge in [0.15, 0.2) is 0 Å². The molecule has 2 nitrogen and oxygen atoms in total. The molecule has 0 aromatic carbocycles. The highest BCUT2D eigenvalue weighted by atomic mass is 35.5. The van der Waals surface area contributed by atoms with E-state index in [1.807, 2.05) is 13.1 Å². The minimum atomic E-state index is -2.17. The maximum absolute atomic E-state index is 5.50. The first-order valence-corrected chi connectivity index (χ1v) is 8.24. The molecule has 13 heavy (non-hydrogen) atoms. The third-order valence-corrected chi connectivity index (χ3v) is 3.34. The first-order chi connectivity index (χ1) is 5.83. The number of halogens is 4. The molecule has 0 rings (SSSR count). The summed E-state index contributed by atoms with van der Waals surface area (Å²) < 4.78 is 10.8. The molecule has 0 aromatic heterocycles. The molecule has 0 heterocycles. The summed E-state index contributed by atoms with van der Waals surface area (Å²) in [6.45, 7) is 4.27. The summed E-state index contributed by atoms with van der Waals surface area (Å²) in [5, 5.41) is 0. The normalized spacial score (nSPS) is 12.9. The molecule has 0 saturated heterocycles. The second kappa shape index (κ2) is 6.72. The van der Waals surface area contributed by atoms with E-state index in [9.17, 15) is 0 Å². The van der Waals surface area contributed by atoms with Gasteiger partial charge in [-0.2, -0.15) is 0 Å². The predicted octanol–water partition coefficient (Wildman–Crippen LogP) is 3.33. The van der Waals surface area contributed by atoms with E-state index in [4.69, 9.17) is 55.3 Å². The summed E-state index contributed by atoms with van der Waals surface area (Å²) in [7, 11) is -2.17. The van der Waals surface area contributed by atoms with E-state index in [0.717, 1.165) is 0 Å². The number of rotatable bonds is 6. The summed E-state index contributed by atoms with van der Waals surface area (Å²) in [4.78, 5) is -1.06. The Morgan fingerprint density at radius 1 is 0.923 bits per heavy atom. The van der Waals surface area contributed by atoms with E-state index in [0.29, 0.717) is 0 Å². The van der Waals surface area contributed by atoms with Crippen LogP contribution < -0.4 is 0 Å². The lowest BCUT2D eigenvalue weighted by atomic mass is 10.9. The molecule has 0 fully saturated rings. The van der Waals surface area contributed by atoms with Crippen molar-refractivity contribution >= 4 is 55.0 Å². The Balaban J connectivity index is 3.66. The molecule has 80 valence electrons. The fourth-order valence-corrected chi connectivity index (χ4v) is 2.46. The van der Waals surface area contributed by atoms with E-state index in [-0.39, 0.29) is 13.2 Å². The number of hydrogen-bond donors (Lipinski definition) is 0. The highest BCUT2D eigenvalue weighted by molar-refractivity contribution is 6.64. The summed E-state index contributed by atoms with van der Waals surface area (Å²) >= 11 is 22.0. The second-order valence-electron chi connectivity index (χ2n) is 2.80. The van der Waals surface area contributed by atoms with Crippen LogP contribution in [-0.4, -0.2) is 31.4 Å². The quantitative estimate of drug-likeness (QED) is 0.551. The van der Waals surface area contributed by atoms with Crippen LogP contribution in [0.5, 0.6) is 0 Å². The molecule has 0 N–H and O–H groups in total. The van der Waals surface area contributed by atoms with Crippen molar-refractivity contribution in [3.63, 3.8) is 0 Å². The van der Waals surface area contributed by atoms with Gasteiger partial charge in [0.2, 0.25) is 0 Å². The molecule has 0 bridgehead atoms. The van der Waals surface area contributed by atoms with Crippen LogP contribution >= 0.6 is 46.4 Å². The Labute approximate surface area is 99.6 Å². The van der Waals surface area contributed by atoms with Crippen molar-refractivity contribution in [2.45, 2.75) is 22.8 Å². The van der Waals surface area contributed by atoms with Gasteiger partial charge < -0.3 is 8.85 Å². The third kappa shape index (κ3) is 9.60. The van der Waals surface area contributed by atoms with E-state index < -0.39 is 18.2 Å². The topological polar surface area (TPSA) is 18.5 Å². The molecule has 0 spiro atoms. The molecule has 0 unspecified atom stereocenters. The van der Waals surface area contributed by atoms with E-state index in [2.05, 4.69) is 0 Å². The van der Waals surface area contributed by atoms with Crippen LogP contribution in [-0.2, 0) is 8.85 Å². The summed E-state index contributed by atoms with van der Waals surface area (Å²) in [5.41, 5.74) is 0. The smallest absolute Gasteiger partial charge is 0.331 e. The van der Waals surface area contributed by atoms with Gasteiger partial charge in [-0.3, -0.25) is 0 Å². The summed E-state index contributed by atoms with van der Waals surface area (Å²) in [5.74, 6) is 0. The van der Waals surface area contributed by atoms with Gasteiger partial charge in [0.25, 0.3) is 0 Å². The minimum Gasteiger partial charge on any atom is -0.392 e. The number of alkyl halides is 4. The molecule has 0 saturated carbocycles. The lowest BCUT2D eigenvalue weighted by molar-refractivity contribution is 0.191. The molecular weight excluding hydrogens is 274 g/mol. The molecule has 0 aromatic rings. The zero-order valence-corrected chi connectivity index (χ0v) is 11.4. The molecular formula is C6H12Cl4O2Si. The van der Waals surface area contributed by atoms with Gasteiger partial charge in [0.1, 0.15) is 9.67 Å². The van der Waals surface area contributed by atoms with Gasteiger partial charge in [-0.1, -0.05) is 0 Å². The first kappa shape index (κ1) is 14.3. The molecule has 0 aliphatic heterocycles. The minimum absolute atomic E-state index is 0.261. The van der Waals surface area contributed by atoms with Crippen LogP contribution in [0.2, 0.25) is 13.1 Å². The highest BCUT2D eigenvalue weighted by Crippen LogP contribution is 2.13. The summed E-state index contributed by atoms with van der Waals surface area (Å²) in [6.07, 6.45) is 0. The van der Waals surface area contributed by atoms with Crippen molar-refractivity contribution in [2.24, 2.45) is 0 Å². The van der Waals surface area contributed by atoms with Crippen molar-refractivity contribution in [3.05, 3.63) is 0 Å². The van der Waals surface area contributed by atoms with Crippen LogP contribution in [0.25, 0.3) is 0 Å². The van der Waals surface area contributed by atoms with E-state index in [1.165, 1.54) is 0 Å². The fourth-order valence-electron chi connectivity index (χ4n) is 0.569. The predicted molar refractivity (Wildman–Crippen MR) is 60.4 cm³/mol. The van der Waals surface area contributed by atoms with Crippen molar-refractivity contribution in [1.82, 2.24) is 0 Å². The Morgan fingerprint density at radius 2 is 1.23 bits per heavy atom. The average Bonchev–Trinajstić information content (AvgIpc) is 1.98. The largest absolute Gasteiger partial charge is 0.392 e. The maximum atomic E-state index is 5.50. The highest BCUT2D eigenvalue weighted by Gasteiger charge is 2.26. The Hall–Kier alpha value is 1.30. The lowest BCUT2D eigenvalue weighted by Gasteiger charge is -2.23. The zero-order valence-electron chi connectivity index (χ0n) is 7.40. The Bertz CT molecular complexity index is 129. The standard InChI is InChI=1S/C6H12Cl4O2Si/c1-13(2,11-3-5(7)8)12-4-6(9)10/h5-6H,3-4H2,1-2H3. The Kier molecular flexibility index (Phi) is 7.39. The van der Waals surface area contributed by atoms with Crippen LogP contribution in [0.1, 0.15) is 0 Å². The fraction of sp³-hybridized carbons (Fsp3) is 1.00. The van der Waals surface area contributed by atoms with E-state index in [1.54, 1.807) is 0 Å². The molecule has 0 radical (unpaired) electrons. The van der Waals surface area contributed by atoms with Crippen LogP contribution in [0.4, 0.5) is 0 Å². The first-order valence-electron chi connectivity index (χ1n) is 3.67. The van der Waals surface area contributed by atoms with Crippen LogP contribution in [0, 0.1) is 0 Å². The van der Waals surface area contributed by atoms with Gasteiger partial charge in [0, 0.05) is 0 Å². The average molecular weight is 286 g/mol. The summed E-state index contributed by atoms with van der Waals surface area (Å²) in [6, 6.07) is 0. The van der Waals surface area contributed by atoms with Gasteiger partial charge in [-0.15, -0.1) is 46.4 Å². The zero-order chi connectivity index (χ0) is 10.5. The van der Waals surface area contributed by atoms with Gasteiger partial charge >= 0.3 is 8.56 Å². The van der Waals surface area contributed by atoms with Crippen molar-refractivity contribution in [2.75, 3.05) is 13.2 Å².